The molecule has 1 aromatic carbocycles. The van der Waals surface area contributed by atoms with E-state index in [9.17, 15) is 23.2 Å². The maximum absolute atomic E-state index is 14.2. The molecule has 250 valence electrons. The quantitative estimate of drug-likeness (QED) is 0.305. The van der Waals surface area contributed by atoms with E-state index < -0.39 is 54.1 Å². The number of aldehydes is 1. The van der Waals surface area contributed by atoms with Crippen LogP contribution in [0.25, 0.3) is 11.0 Å². The molecule has 0 spiro atoms. The highest BCUT2D eigenvalue weighted by Crippen LogP contribution is 2.58. The molecule has 2 bridgehead atoms. The molecule has 3 heterocycles. The van der Waals surface area contributed by atoms with E-state index in [2.05, 4.69) is 0 Å². The molecule has 11 heteroatoms. The first-order valence-corrected chi connectivity index (χ1v) is 16.7. The van der Waals surface area contributed by atoms with Gasteiger partial charge < -0.3 is 23.9 Å². The molecule has 2 saturated carbocycles. The standard InChI is InChI=1S/C35H45F2N3O6/c1-35(2,3)24-16-32(42)45-29-13-19-12-22(19)21(29)8-6-5-7-9-26-33(39-27-14-20(44-4)10-11-25(27)38-26)46-30-17-40(34(24)43)28(18-41)23(30)15-31(36)37/h10-11,14,18-19,21-24,28-31H,5-9,12-13,15-17H2,1-4H3/t19?,21-,22?,23+,24-,28-,29-,30+/m1/s1. The van der Waals surface area contributed by atoms with Crippen LogP contribution in [0.4, 0.5) is 8.78 Å². The van der Waals surface area contributed by atoms with E-state index in [1.54, 1.807) is 19.2 Å². The van der Waals surface area contributed by atoms with Crippen LogP contribution >= 0.6 is 0 Å². The number of amides is 1. The van der Waals surface area contributed by atoms with Crippen molar-refractivity contribution in [1.29, 1.82) is 0 Å². The number of benzene rings is 1. The van der Waals surface area contributed by atoms with Gasteiger partial charge in [-0.05, 0) is 67.4 Å². The number of methoxy groups -OCH3 is 1. The summed E-state index contributed by atoms with van der Waals surface area (Å²) in [5.41, 5.74) is 1.15. The first-order valence-electron chi connectivity index (χ1n) is 16.7. The van der Waals surface area contributed by atoms with Gasteiger partial charge in [-0.25, -0.2) is 18.7 Å². The summed E-state index contributed by atoms with van der Waals surface area (Å²) in [7, 11) is 1.56. The molecule has 3 fully saturated rings. The van der Waals surface area contributed by atoms with Gasteiger partial charge in [-0.1, -0.05) is 33.6 Å². The zero-order chi connectivity index (χ0) is 32.7. The van der Waals surface area contributed by atoms with Crippen LogP contribution in [-0.2, 0) is 25.5 Å². The minimum atomic E-state index is -2.72. The smallest absolute Gasteiger partial charge is 0.306 e. The molecule has 8 atom stereocenters. The van der Waals surface area contributed by atoms with Gasteiger partial charge in [0.05, 0.1) is 43.1 Å². The number of hydrogen-bond donors (Lipinski definition) is 0. The van der Waals surface area contributed by atoms with Crippen molar-refractivity contribution in [2.45, 2.75) is 103 Å². The normalized spacial score (nSPS) is 32.1. The van der Waals surface area contributed by atoms with Crippen molar-refractivity contribution in [2.75, 3.05) is 13.7 Å². The van der Waals surface area contributed by atoms with Crippen molar-refractivity contribution >= 4 is 29.2 Å². The molecule has 2 unspecified atom stereocenters. The molecule has 2 aliphatic heterocycles. The zero-order valence-corrected chi connectivity index (χ0v) is 27.1. The molecule has 46 heavy (non-hydrogen) atoms. The van der Waals surface area contributed by atoms with Gasteiger partial charge in [-0.2, -0.15) is 0 Å². The molecule has 1 saturated heterocycles. The van der Waals surface area contributed by atoms with Gasteiger partial charge in [0.1, 0.15) is 29.9 Å². The monoisotopic (exact) mass is 641 g/mol. The number of rotatable bonds is 4. The van der Waals surface area contributed by atoms with Gasteiger partial charge in [-0.15, -0.1) is 0 Å². The number of esters is 1. The summed E-state index contributed by atoms with van der Waals surface area (Å²) in [6.45, 7) is 5.51. The van der Waals surface area contributed by atoms with E-state index in [0.717, 1.165) is 32.1 Å². The fraction of sp³-hybridized carbons (Fsp3) is 0.686. The number of ether oxygens (including phenoxy) is 3. The highest BCUT2D eigenvalue weighted by molar-refractivity contribution is 5.87. The largest absolute Gasteiger partial charge is 0.497 e. The molecule has 1 aromatic heterocycles. The Morgan fingerprint density at radius 3 is 2.57 bits per heavy atom. The van der Waals surface area contributed by atoms with E-state index in [-0.39, 0.29) is 24.9 Å². The third kappa shape index (κ3) is 6.69. The average Bonchev–Trinajstić information content (AvgIpc) is 3.57. The SMILES string of the molecule is COc1ccc2nc3c(nc2c1)O[C@H]1CN(C(=O)[C@H](C(C)(C)C)CC(=O)O[C@@H]2CC4CC4[C@H]2CCCCC3)[C@H](C=O)[C@@H]1CC(F)F. The highest BCUT2D eigenvalue weighted by atomic mass is 19.3. The number of halogens is 2. The van der Waals surface area contributed by atoms with Crippen LogP contribution in [0.5, 0.6) is 11.6 Å². The summed E-state index contributed by atoms with van der Waals surface area (Å²) in [4.78, 5) is 51.1. The minimum Gasteiger partial charge on any atom is -0.497 e. The maximum atomic E-state index is 14.2. The van der Waals surface area contributed by atoms with Crippen LogP contribution in [0.15, 0.2) is 18.2 Å². The second-order valence-corrected chi connectivity index (χ2v) is 14.7. The molecule has 6 rings (SSSR count). The van der Waals surface area contributed by atoms with Crippen LogP contribution < -0.4 is 9.47 Å². The molecule has 0 N–H and O–H groups in total. The number of fused-ring (bicyclic) bond motifs is 7. The average molecular weight is 642 g/mol. The third-order valence-corrected chi connectivity index (χ3v) is 10.7. The molecular weight excluding hydrogens is 596 g/mol. The highest BCUT2D eigenvalue weighted by Gasteiger charge is 2.55. The number of alkyl halides is 2. The fourth-order valence-electron chi connectivity index (χ4n) is 8.06. The topological polar surface area (TPSA) is 108 Å². The molecule has 0 radical (unpaired) electrons. The van der Waals surface area contributed by atoms with Crippen LogP contribution in [-0.4, -0.2) is 71.4 Å². The summed E-state index contributed by atoms with van der Waals surface area (Å²) in [6.07, 6.45) is 2.31. The van der Waals surface area contributed by atoms with E-state index in [1.165, 1.54) is 11.3 Å². The van der Waals surface area contributed by atoms with Gasteiger partial charge in [0.25, 0.3) is 0 Å². The second kappa shape index (κ2) is 13.0. The van der Waals surface area contributed by atoms with Gasteiger partial charge in [0.15, 0.2) is 0 Å². The summed E-state index contributed by atoms with van der Waals surface area (Å²) < 4.78 is 45.8. The number of nitrogens with zero attached hydrogens (tertiary/aromatic N) is 3. The van der Waals surface area contributed by atoms with Gasteiger partial charge in [-0.3, -0.25) is 9.59 Å². The summed E-state index contributed by atoms with van der Waals surface area (Å²) >= 11 is 0. The Hall–Kier alpha value is -3.37. The fourth-order valence-corrected chi connectivity index (χ4v) is 8.06. The lowest BCUT2D eigenvalue weighted by Crippen LogP contribution is -2.46. The number of aryl methyl sites for hydroxylation is 1. The van der Waals surface area contributed by atoms with Gasteiger partial charge in [0.2, 0.25) is 18.2 Å². The van der Waals surface area contributed by atoms with Crippen LogP contribution in [0.3, 0.4) is 0 Å². The number of carbonyl (C=O) groups excluding carboxylic acids is 3. The lowest BCUT2D eigenvalue weighted by Gasteiger charge is -2.34. The van der Waals surface area contributed by atoms with Crippen molar-refractivity contribution in [3.63, 3.8) is 0 Å². The maximum Gasteiger partial charge on any atom is 0.306 e. The number of aromatic nitrogens is 2. The minimum absolute atomic E-state index is 0.0907. The van der Waals surface area contributed by atoms with Crippen molar-refractivity contribution in [2.24, 2.45) is 35.0 Å². The Bertz CT molecular complexity index is 1460. The Labute approximate surface area is 268 Å². The van der Waals surface area contributed by atoms with Crippen molar-refractivity contribution in [3.05, 3.63) is 23.9 Å². The predicted molar refractivity (Wildman–Crippen MR) is 165 cm³/mol. The summed E-state index contributed by atoms with van der Waals surface area (Å²) in [5.74, 6) is -0.325. The van der Waals surface area contributed by atoms with E-state index in [1.807, 2.05) is 26.8 Å². The number of hydrogen-bond acceptors (Lipinski definition) is 8. The molecule has 2 aliphatic carbocycles. The van der Waals surface area contributed by atoms with E-state index in [4.69, 9.17) is 24.2 Å². The second-order valence-electron chi connectivity index (χ2n) is 14.7. The van der Waals surface area contributed by atoms with Crippen molar-refractivity contribution < 1.29 is 37.4 Å². The summed E-state index contributed by atoms with van der Waals surface area (Å²) in [5, 5.41) is 0. The zero-order valence-electron chi connectivity index (χ0n) is 27.1. The summed E-state index contributed by atoms with van der Waals surface area (Å²) in [6, 6.07) is 4.23. The van der Waals surface area contributed by atoms with Crippen LogP contribution in [0.1, 0.15) is 77.8 Å². The first kappa shape index (κ1) is 32.6. The van der Waals surface area contributed by atoms with Crippen molar-refractivity contribution in [1.82, 2.24) is 14.9 Å². The van der Waals surface area contributed by atoms with E-state index in [0.29, 0.717) is 52.9 Å². The Balaban J connectivity index is 1.38. The van der Waals surface area contributed by atoms with E-state index >= 15 is 0 Å². The molecule has 9 nitrogen and oxygen atoms in total. The Morgan fingerprint density at radius 1 is 1.04 bits per heavy atom. The lowest BCUT2D eigenvalue weighted by molar-refractivity contribution is -0.158. The van der Waals surface area contributed by atoms with Crippen molar-refractivity contribution in [3.8, 4) is 11.6 Å². The molecule has 2 aromatic rings. The number of carbonyl (C=O) groups is 3. The predicted octanol–water partition coefficient (Wildman–Crippen LogP) is 5.80. The first-order chi connectivity index (χ1) is 22.0. The molecule has 1 amide bonds. The van der Waals surface area contributed by atoms with Crippen LogP contribution in [0.2, 0.25) is 0 Å². The molecular formula is C35H45F2N3O6. The van der Waals surface area contributed by atoms with Gasteiger partial charge in [0, 0.05) is 18.4 Å². The van der Waals surface area contributed by atoms with Gasteiger partial charge >= 0.3 is 5.97 Å². The lowest BCUT2D eigenvalue weighted by atomic mass is 9.77. The third-order valence-electron chi connectivity index (χ3n) is 10.7. The Morgan fingerprint density at radius 2 is 1.85 bits per heavy atom. The van der Waals surface area contributed by atoms with Crippen LogP contribution in [0, 0.1) is 35.0 Å². The Kier molecular flexibility index (Phi) is 9.22. The molecule has 4 aliphatic rings.